The summed E-state index contributed by atoms with van der Waals surface area (Å²) >= 11 is 0. The molecule has 0 heterocycles. The van der Waals surface area contributed by atoms with E-state index in [2.05, 4.69) is 32.1 Å². The van der Waals surface area contributed by atoms with Crippen molar-refractivity contribution in [1.29, 1.82) is 0 Å². The van der Waals surface area contributed by atoms with E-state index in [9.17, 15) is 0 Å². The van der Waals surface area contributed by atoms with Crippen molar-refractivity contribution in [2.24, 2.45) is 17.3 Å². The van der Waals surface area contributed by atoms with Gasteiger partial charge in [-0.25, -0.2) is 0 Å². The fraction of sp³-hybridized carbons (Fsp3) is 0.619. The van der Waals surface area contributed by atoms with E-state index in [1.165, 1.54) is 37.7 Å². The van der Waals surface area contributed by atoms with Gasteiger partial charge in [0, 0.05) is 0 Å². The Kier molecular flexibility index (Phi) is 3.76. The van der Waals surface area contributed by atoms with Crippen molar-refractivity contribution in [3.63, 3.8) is 0 Å². The molecule has 0 unspecified atom stereocenters. The zero-order valence-corrected chi connectivity index (χ0v) is 14.3. The molecule has 1 aromatic carbocycles. The highest BCUT2D eigenvalue weighted by atomic mass is 16.6. The van der Waals surface area contributed by atoms with Gasteiger partial charge in [-0.2, -0.15) is 0 Å². The summed E-state index contributed by atoms with van der Waals surface area (Å²) in [4.78, 5) is 0. The van der Waals surface area contributed by atoms with E-state index in [1.54, 1.807) is 11.1 Å². The summed E-state index contributed by atoms with van der Waals surface area (Å²) in [5.41, 5.74) is 5.19. The largest absolute Gasteiger partial charge is 0.468 e. The van der Waals surface area contributed by atoms with Crippen molar-refractivity contribution in [1.82, 2.24) is 0 Å². The second kappa shape index (κ2) is 5.66. The average Bonchev–Trinajstić information content (AvgIpc) is 2.91. The molecule has 23 heavy (non-hydrogen) atoms. The first-order chi connectivity index (χ1) is 11.2. The van der Waals surface area contributed by atoms with Crippen molar-refractivity contribution in [2.75, 3.05) is 6.79 Å². The Balaban J connectivity index is 1.65. The summed E-state index contributed by atoms with van der Waals surface area (Å²) in [6, 6.07) is 6.46. The Morgan fingerprint density at radius 3 is 2.91 bits per heavy atom. The van der Waals surface area contributed by atoms with E-state index >= 15 is 0 Å². The Bertz CT molecular complexity index is 633. The summed E-state index contributed by atoms with van der Waals surface area (Å²) in [5.74, 6) is 3.26. The number of hydrogen-bond acceptors (Lipinski definition) is 2. The monoisotopic (exact) mass is 312 g/mol. The van der Waals surface area contributed by atoms with Crippen molar-refractivity contribution in [3.05, 3.63) is 41.0 Å². The molecule has 3 aliphatic carbocycles. The molecule has 0 spiro atoms. The van der Waals surface area contributed by atoms with Crippen LogP contribution in [-0.4, -0.2) is 11.9 Å². The van der Waals surface area contributed by atoms with Crippen LogP contribution in [0.25, 0.3) is 0 Å². The standard InChI is InChI=1S/C21H28O2/c1-3-15-5-9-20-19-7-4-14-12-16(23-13-22)6-8-17(14)18(19)10-11-21(15,20)2/h3,6,8,12,18-20,22H,4-5,7,9-11,13H2,1-2H3/t18-,19-,20+,21-/m1/s1. The van der Waals surface area contributed by atoms with Crippen LogP contribution in [0, 0.1) is 17.3 Å². The van der Waals surface area contributed by atoms with Crippen LogP contribution in [0.2, 0.25) is 0 Å². The second-order valence-electron chi connectivity index (χ2n) is 7.86. The molecule has 2 fully saturated rings. The molecular formula is C21H28O2. The normalized spacial score (nSPS) is 37.2. The molecule has 2 saturated carbocycles. The molecular weight excluding hydrogens is 284 g/mol. The average molecular weight is 312 g/mol. The lowest BCUT2D eigenvalue weighted by atomic mass is 9.55. The van der Waals surface area contributed by atoms with Gasteiger partial charge in [0.15, 0.2) is 6.79 Å². The maximum absolute atomic E-state index is 8.96. The highest BCUT2D eigenvalue weighted by Crippen LogP contribution is 2.62. The van der Waals surface area contributed by atoms with Gasteiger partial charge in [-0.15, -0.1) is 0 Å². The van der Waals surface area contributed by atoms with Gasteiger partial charge in [-0.05, 0) is 91.9 Å². The van der Waals surface area contributed by atoms with E-state index in [0.29, 0.717) is 5.41 Å². The zero-order valence-electron chi connectivity index (χ0n) is 14.3. The molecule has 0 amide bonds. The lowest BCUT2D eigenvalue weighted by Gasteiger charge is -2.49. The van der Waals surface area contributed by atoms with Crippen molar-refractivity contribution in [3.8, 4) is 5.75 Å². The first-order valence-corrected chi connectivity index (χ1v) is 9.19. The lowest BCUT2D eigenvalue weighted by Crippen LogP contribution is -2.40. The van der Waals surface area contributed by atoms with Crippen molar-refractivity contribution < 1.29 is 9.84 Å². The van der Waals surface area contributed by atoms with Crippen LogP contribution < -0.4 is 4.74 Å². The third kappa shape index (κ3) is 2.26. The minimum absolute atomic E-state index is 0.239. The number of aryl methyl sites for hydroxylation is 1. The summed E-state index contributed by atoms with van der Waals surface area (Å²) in [6.07, 6.45) is 10.2. The Morgan fingerprint density at radius 1 is 1.26 bits per heavy atom. The quantitative estimate of drug-likeness (QED) is 0.627. The second-order valence-corrected chi connectivity index (χ2v) is 7.86. The molecule has 2 heteroatoms. The highest BCUT2D eigenvalue weighted by Gasteiger charge is 2.52. The van der Waals surface area contributed by atoms with Crippen LogP contribution >= 0.6 is 0 Å². The SMILES string of the molecule is CC=C1CC[C@H]2[C@@H]3CCc4cc(OCO)ccc4[C@H]3CC[C@]12C. The number of allylic oxidation sites excluding steroid dienone is 2. The van der Waals surface area contributed by atoms with Gasteiger partial charge < -0.3 is 9.84 Å². The number of ether oxygens (including phenoxy) is 1. The van der Waals surface area contributed by atoms with E-state index in [1.807, 2.05) is 6.07 Å². The molecule has 0 bridgehead atoms. The molecule has 4 atom stereocenters. The fourth-order valence-corrected chi connectivity index (χ4v) is 6.05. The molecule has 3 aliphatic rings. The van der Waals surface area contributed by atoms with Crippen molar-refractivity contribution >= 4 is 0 Å². The summed E-state index contributed by atoms with van der Waals surface area (Å²) in [6.45, 7) is 4.52. The fourth-order valence-electron chi connectivity index (χ4n) is 6.05. The Hall–Kier alpha value is -1.28. The molecule has 2 nitrogen and oxygen atoms in total. The highest BCUT2D eigenvalue weighted by molar-refractivity contribution is 5.41. The van der Waals surface area contributed by atoms with Gasteiger partial charge in [0.2, 0.25) is 0 Å². The Labute approximate surface area is 139 Å². The molecule has 1 aromatic rings. The lowest BCUT2D eigenvalue weighted by molar-refractivity contribution is 0.0806. The van der Waals surface area contributed by atoms with Gasteiger partial charge >= 0.3 is 0 Å². The number of aliphatic hydroxyl groups excluding tert-OH is 1. The van der Waals surface area contributed by atoms with Crippen LogP contribution in [0.5, 0.6) is 5.75 Å². The molecule has 0 aliphatic heterocycles. The number of fused-ring (bicyclic) bond motifs is 5. The van der Waals surface area contributed by atoms with Crippen LogP contribution in [0.4, 0.5) is 0 Å². The topological polar surface area (TPSA) is 29.5 Å². The van der Waals surface area contributed by atoms with Gasteiger partial charge in [0.1, 0.15) is 5.75 Å². The first kappa shape index (κ1) is 15.3. The molecule has 0 radical (unpaired) electrons. The van der Waals surface area contributed by atoms with E-state index < -0.39 is 0 Å². The van der Waals surface area contributed by atoms with Gasteiger partial charge in [0.25, 0.3) is 0 Å². The third-order valence-electron chi connectivity index (χ3n) is 7.13. The van der Waals surface area contributed by atoms with Crippen LogP contribution in [0.3, 0.4) is 0 Å². The molecule has 4 rings (SSSR count). The minimum atomic E-state index is -0.239. The van der Waals surface area contributed by atoms with E-state index in [0.717, 1.165) is 29.9 Å². The Morgan fingerprint density at radius 2 is 2.13 bits per heavy atom. The maximum Gasteiger partial charge on any atom is 0.186 e. The van der Waals surface area contributed by atoms with Crippen molar-refractivity contribution in [2.45, 2.75) is 58.3 Å². The minimum Gasteiger partial charge on any atom is -0.468 e. The van der Waals surface area contributed by atoms with Crippen LogP contribution in [-0.2, 0) is 6.42 Å². The maximum atomic E-state index is 8.96. The van der Waals surface area contributed by atoms with Crippen LogP contribution in [0.15, 0.2) is 29.8 Å². The molecule has 124 valence electrons. The predicted octanol–water partition coefficient (Wildman–Crippen LogP) is 4.82. The van der Waals surface area contributed by atoms with Crippen LogP contribution in [0.1, 0.15) is 63.0 Å². The third-order valence-corrected chi connectivity index (χ3v) is 7.13. The van der Waals surface area contributed by atoms with E-state index in [-0.39, 0.29) is 6.79 Å². The summed E-state index contributed by atoms with van der Waals surface area (Å²) in [7, 11) is 0. The number of rotatable bonds is 2. The van der Waals surface area contributed by atoms with Gasteiger partial charge in [-0.3, -0.25) is 0 Å². The number of aliphatic hydroxyl groups is 1. The number of benzene rings is 1. The molecule has 0 aromatic heterocycles. The predicted molar refractivity (Wildman–Crippen MR) is 92.5 cm³/mol. The summed E-state index contributed by atoms with van der Waals surface area (Å²) < 4.78 is 5.27. The molecule has 1 N–H and O–H groups in total. The summed E-state index contributed by atoms with van der Waals surface area (Å²) in [5, 5.41) is 8.96. The van der Waals surface area contributed by atoms with Gasteiger partial charge in [0.05, 0.1) is 0 Å². The van der Waals surface area contributed by atoms with Gasteiger partial charge in [-0.1, -0.05) is 24.6 Å². The smallest absolute Gasteiger partial charge is 0.186 e. The molecule has 0 saturated heterocycles. The first-order valence-electron chi connectivity index (χ1n) is 9.19. The zero-order chi connectivity index (χ0) is 16.0. The number of hydrogen-bond donors (Lipinski definition) is 1. The van der Waals surface area contributed by atoms with E-state index in [4.69, 9.17) is 9.84 Å².